The summed E-state index contributed by atoms with van der Waals surface area (Å²) in [6, 6.07) is 5.71. The average molecular weight is 332 g/mol. The van der Waals surface area contributed by atoms with Gasteiger partial charge in [-0.3, -0.25) is 9.69 Å². The lowest BCUT2D eigenvalue weighted by molar-refractivity contribution is -0.119. The first kappa shape index (κ1) is 16.1. The second-order valence-electron chi connectivity index (χ2n) is 5.94. The summed E-state index contributed by atoms with van der Waals surface area (Å²) in [5.41, 5.74) is 2.81. The summed E-state index contributed by atoms with van der Waals surface area (Å²) >= 11 is 0. The number of carbonyl (C=O) groups is 2. The lowest BCUT2D eigenvalue weighted by Gasteiger charge is -2.29. The summed E-state index contributed by atoms with van der Waals surface area (Å²) in [6.07, 6.45) is 0.616. The van der Waals surface area contributed by atoms with Crippen molar-refractivity contribution in [2.75, 3.05) is 29.9 Å². The van der Waals surface area contributed by atoms with Crippen LogP contribution in [0.15, 0.2) is 23.4 Å². The van der Waals surface area contributed by atoms with Gasteiger partial charge < -0.3 is 20.2 Å². The third-order valence-electron chi connectivity index (χ3n) is 4.31. The minimum absolute atomic E-state index is 0.150. The first-order valence-electron chi connectivity index (χ1n) is 7.79. The van der Waals surface area contributed by atoms with Crippen LogP contribution in [-0.4, -0.2) is 49.3 Å². The van der Waals surface area contributed by atoms with E-state index in [1.165, 1.54) is 6.92 Å². The minimum atomic E-state index is -0.410. The van der Waals surface area contributed by atoms with Crippen molar-refractivity contribution in [1.82, 2.24) is 5.32 Å². The van der Waals surface area contributed by atoms with Crippen LogP contribution in [0.4, 0.5) is 16.2 Å². The van der Waals surface area contributed by atoms with Gasteiger partial charge >= 0.3 is 6.09 Å². The van der Waals surface area contributed by atoms with Crippen LogP contribution in [0.1, 0.15) is 18.9 Å². The molecule has 1 aromatic rings. The number of oxime groups is 1. The molecule has 1 fully saturated rings. The molecule has 128 valence electrons. The molecule has 24 heavy (non-hydrogen) atoms. The van der Waals surface area contributed by atoms with Crippen molar-refractivity contribution in [2.24, 2.45) is 5.16 Å². The Hall–Kier alpha value is -2.77. The molecular formula is C16H20N4O4. The zero-order valence-corrected chi connectivity index (χ0v) is 13.7. The molecule has 2 aliphatic heterocycles. The highest BCUT2D eigenvalue weighted by Gasteiger charge is 2.33. The van der Waals surface area contributed by atoms with Gasteiger partial charge in [0, 0.05) is 31.8 Å². The topological polar surface area (TPSA) is 94.5 Å². The Kier molecular flexibility index (Phi) is 4.28. The smallest absolute Gasteiger partial charge is 0.414 e. The van der Waals surface area contributed by atoms with Crippen LogP contribution in [0.3, 0.4) is 0 Å². The van der Waals surface area contributed by atoms with Crippen LogP contribution in [0.25, 0.3) is 0 Å². The summed E-state index contributed by atoms with van der Waals surface area (Å²) in [5, 5.41) is 15.0. The van der Waals surface area contributed by atoms with E-state index in [4.69, 9.17) is 9.94 Å². The lowest BCUT2D eigenvalue weighted by atomic mass is 10.0. The number of cyclic esters (lactones) is 1. The van der Waals surface area contributed by atoms with Gasteiger partial charge in [0.15, 0.2) is 0 Å². The van der Waals surface area contributed by atoms with E-state index in [0.29, 0.717) is 25.3 Å². The van der Waals surface area contributed by atoms with Crippen LogP contribution in [0.2, 0.25) is 0 Å². The number of nitrogens with one attached hydrogen (secondary N) is 1. The van der Waals surface area contributed by atoms with Crippen molar-refractivity contribution in [3.05, 3.63) is 23.8 Å². The number of benzene rings is 1. The molecular weight excluding hydrogens is 312 g/mol. The standard InChI is InChI=1S/C16H20N4O4/c1-10(21)17-8-13-9-20(16(22)24-13)12-4-5-14-11(7-12)3-6-15(18-23)19(14)2/h4-5,7,13,23H,3,6,8-9H2,1-2H3,(H,17,21)/b18-15+/t13-/m0/s1. The molecule has 1 atom stereocenters. The summed E-state index contributed by atoms with van der Waals surface area (Å²) in [7, 11) is 1.85. The maximum Gasteiger partial charge on any atom is 0.414 e. The largest absolute Gasteiger partial charge is 0.442 e. The molecule has 8 nitrogen and oxygen atoms in total. The number of nitrogens with zero attached hydrogens (tertiary/aromatic N) is 3. The molecule has 0 unspecified atom stereocenters. The van der Waals surface area contributed by atoms with Crippen LogP contribution in [0, 0.1) is 0 Å². The fourth-order valence-electron chi connectivity index (χ4n) is 3.03. The van der Waals surface area contributed by atoms with Crippen LogP contribution < -0.4 is 15.1 Å². The molecule has 8 heteroatoms. The van der Waals surface area contributed by atoms with E-state index in [2.05, 4.69) is 10.5 Å². The van der Waals surface area contributed by atoms with Crippen molar-refractivity contribution in [3.8, 4) is 0 Å². The molecule has 0 aliphatic carbocycles. The zero-order chi connectivity index (χ0) is 17.3. The predicted octanol–water partition coefficient (Wildman–Crippen LogP) is 1.32. The van der Waals surface area contributed by atoms with Crippen molar-refractivity contribution in [2.45, 2.75) is 25.9 Å². The van der Waals surface area contributed by atoms with Crippen molar-refractivity contribution in [1.29, 1.82) is 0 Å². The molecule has 0 bridgehead atoms. The Morgan fingerprint density at radius 3 is 2.96 bits per heavy atom. The highest BCUT2D eigenvalue weighted by Crippen LogP contribution is 2.32. The second-order valence-corrected chi connectivity index (χ2v) is 5.94. The minimum Gasteiger partial charge on any atom is -0.442 e. The van der Waals surface area contributed by atoms with E-state index >= 15 is 0 Å². The Morgan fingerprint density at radius 2 is 2.25 bits per heavy atom. The van der Waals surface area contributed by atoms with Crippen LogP contribution in [0.5, 0.6) is 0 Å². The maximum atomic E-state index is 12.1. The van der Waals surface area contributed by atoms with E-state index < -0.39 is 6.09 Å². The van der Waals surface area contributed by atoms with E-state index in [-0.39, 0.29) is 12.0 Å². The quantitative estimate of drug-likeness (QED) is 0.643. The van der Waals surface area contributed by atoms with E-state index in [9.17, 15) is 9.59 Å². The number of hydrogen-bond acceptors (Lipinski definition) is 5. The number of amidine groups is 1. The Labute approximate surface area is 139 Å². The summed E-state index contributed by atoms with van der Waals surface area (Å²) in [6.45, 7) is 2.14. The number of anilines is 2. The lowest BCUT2D eigenvalue weighted by Crippen LogP contribution is -2.33. The molecule has 0 aromatic heterocycles. The van der Waals surface area contributed by atoms with Crippen LogP contribution in [-0.2, 0) is 16.0 Å². The van der Waals surface area contributed by atoms with Crippen molar-refractivity contribution < 1.29 is 19.5 Å². The first-order chi connectivity index (χ1) is 11.5. The fraction of sp³-hybridized carbons (Fsp3) is 0.438. The van der Waals surface area contributed by atoms with Crippen LogP contribution >= 0.6 is 0 Å². The number of hydrogen-bond donors (Lipinski definition) is 2. The number of ether oxygens (including phenoxy) is 1. The molecule has 3 rings (SSSR count). The number of amides is 2. The summed E-state index contributed by atoms with van der Waals surface area (Å²) in [5.74, 6) is 0.467. The van der Waals surface area contributed by atoms with Crippen molar-refractivity contribution in [3.63, 3.8) is 0 Å². The molecule has 2 heterocycles. The van der Waals surface area contributed by atoms with Gasteiger partial charge in [-0.25, -0.2) is 4.79 Å². The van der Waals surface area contributed by atoms with Gasteiger partial charge in [-0.2, -0.15) is 0 Å². The third-order valence-corrected chi connectivity index (χ3v) is 4.31. The van der Waals surface area contributed by atoms with E-state index in [1.54, 1.807) is 4.90 Å². The SMILES string of the molecule is CC(=O)NC[C@H]1CN(c2ccc3c(c2)CC/C(=N\O)N3C)C(=O)O1. The number of rotatable bonds is 3. The van der Waals surface area contributed by atoms with Gasteiger partial charge in [-0.05, 0) is 30.2 Å². The number of carbonyl (C=O) groups excluding carboxylic acids is 2. The summed E-state index contributed by atoms with van der Waals surface area (Å²) < 4.78 is 5.29. The molecule has 0 spiro atoms. The first-order valence-corrected chi connectivity index (χ1v) is 7.79. The highest BCUT2D eigenvalue weighted by atomic mass is 16.6. The fourth-order valence-corrected chi connectivity index (χ4v) is 3.03. The number of aryl methyl sites for hydroxylation is 1. The molecule has 2 amide bonds. The molecule has 1 aromatic carbocycles. The normalized spacial score (nSPS) is 21.7. The molecule has 0 saturated carbocycles. The monoisotopic (exact) mass is 332 g/mol. The summed E-state index contributed by atoms with van der Waals surface area (Å²) in [4.78, 5) is 26.5. The van der Waals surface area contributed by atoms with Crippen molar-refractivity contribution >= 4 is 29.2 Å². The van der Waals surface area contributed by atoms with Gasteiger partial charge in [-0.1, -0.05) is 5.16 Å². The van der Waals surface area contributed by atoms with Gasteiger partial charge in [-0.15, -0.1) is 0 Å². The molecule has 0 radical (unpaired) electrons. The van der Waals surface area contributed by atoms with Gasteiger partial charge in [0.05, 0.1) is 13.1 Å². The second kappa shape index (κ2) is 6.38. The molecule has 2 N–H and O–H groups in total. The van der Waals surface area contributed by atoms with Gasteiger partial charge in [0.25, 0.3) is 0 Å². The Bertz CT molecular complexity index is 703. The third kappa shape index (κ3) is 2.99. The highest BCUT2D eigenvalue weighted by molar-refractivity contribution is 6.00. The zero-order valence-electron chi connectivity index (χ0n) is 13.7. The van der Waals surface area contributed by atoms with E-state index in [0.717, 1.165) is 23.4 Å². The predicted molar refractivity (Wildman–Crippen MR) is 88.7 cm³/mol. The number of fused-ring (bicyclic) bond motifs is 1. The van der Waals surface area contributed by atoms with Gasteiger partial charge in [0.1, 0.15) is 11.9 Å². The average Bonchev–Trinajstić information content (AvgIpc) is 2.94. The Balaban J connectivity index is 1.77. The Morgan fingerprint density at radius 1 is 1.46 bits per heavy atom. The molecule has 1 saturated heterocycles. The maximum absolute atomic E-state index is 12.1. The van der Waals surface area contributed by atoms with Gasteiger partial charge in [0.2, 0.25) is 5.91 Å². The molecule has 2 aliphatic rings. The van der Waals surface area contributed by atoms with E-state index in [1.807, 2.05) is 30.1 Å².